The lowest BCUT2D eigenvalue weighted by atomic mass is 9.95. The van der Waals surface area contributed by atoms with Crippen LogP contribution < -0.4 is 0 Å². The number of allylic oxidation sites excluding steroid dienone is 1. The molecule has 0 spiro atoms. The van der Waals surface area contributed by atoms with Crippen molar-refractivity contribution in [3.05, 3.63) is 11.6 Å². The van der Waals surface area contributed by atoms with Crippen LogP contribution in [0.1, 0.15) is 26.2 Å². The van der Waals surface area contributed by atoms with Gasteiger partial charge in [-0.15, -0.1) is 0 Å². The van der Waals surface area contributed by atoms with E-state index in [4.69, 9.17) is 5.11 Å². The normalized spacial score (nSPS) is 26.4. The Morgan fingerprint density at radius 3 is 2.90 bits per heavy atom. The van der Waals surface area contributed by atoms with Crippen LogP contribution in [0.25, 0.3) is 0 Å². The topological polar surface area (TPSA) is 37.3 Å². The van der Waals surface area contributed by atoms with Gasteiger partial charge in [0.05, 0.1) is 0 Å². The lowest BCUT2D eigenvalue weighted by molar-refractivity contribution is -0.125. The third-order valence-corrected chi connectivity index (χ3v) is 1.87. The van der Waals surface area contributed by atoms with Crippen molar-refractivity contribution in [3.8, 4) is 0 Å². The van der Waals surface area contributed by atoms with Gasteiger partial charge in [-0.2, -0.15) is 0 Å². The SMILES string of the molecule is CCC1=CC(O)C(=O)CC1. The van der Waals surface area contributed by atoms with Gasteiger partial charge in [-0.05, 0) is 18.9 Å². The predicted octanol–water partition coefficient (Wildman–Crippen LogP) is 1.05. The molecule has 0 amide bonds. The zero-order valence-electron chi connectivity index (χ0n) is 6.13. The fraction of sp³-hybridized carbons (Fsp3) is 0.625. The van der Waals surface area contributed by atoms with Gasteiger partial charge in [-0.3, -0.25) is 4.79 Å². The van der Waals surface area contributed by atoms with Crippen molar-refractivity contribution in [2.24, 2.45) is 0 Å². The first-order valence-corrected chi connectivity index (χ1v) is 3.64. The number of carbonyl (C=O) groups excluding carboxylic acids is 1. The lowest BCUT2D eigenvalue weighted by Gasteiger charge is -2.14. The molecule has 56 valence electrons. The third kappa shape index (κ3) is 1.45. The molecule has 0 saturated heterocycles. The van der Waals surface area contributed by atoms with E-state index in [-0.39, 0.29) is 5.78 Å². The van der Waals surface area contributed by atoms with Crippen LogP contribution in [0.2, 0.25) is 0 Å². The average molecular weight is 140 g/mol. The molecule has 1 N–H and O–H groups in total. The zero-order chi connectivity index (χ0) is 7.56. The summed E-state index contributed by atoms with van der Waals surface area (Å²) < 4.78 is 0. The van der Waals surface area contributed by atoms with Crippen LogP contribution in [0, 0.1) is 0 Å². The highest BCUT2D eigenvalue weighted by atomic mass is 16.3. The quantitative estimate of drug-likeness (QED) is 0.553. The van der Waals surface area contributed by atoms with Crippen LogP contribution in [-0.4, -0.2) is 17.0 Å². The molecule has 0 aromatic rings. The van der Waals surface area contributed by atoms with E-state index in [1.807, 2.05) is 6.92 Å². The number of aliphatic hydroxyl groups is 1. The molecular weight excluding hydrogens is 128 g/mol. The second-order valence-electron chi connectivity index (χ2n) is 2.59. The zero-order valence-corrected chi connectivity index (χ0v) is 6.13. The van der Waals surface area contributed by atoms with Gasteiger partial charge in [0.25, 0.3) is 0 Å². The smallest absolute Gasteiger partial charge is 0.165 e. The number of Topliss-reactive ketones (excluding diaryl/α,β-unsaturated/α-hetero) is 1. The van der Waals surface area contributed by atoms with Crippen LogP contribution in [0.15, 0.2) is 11.6 Å². The molecule has 10 heavy (non-hydrogen) atoms. The summed E-state index contributed by atoms with van der Waals surface area (Å²) in [4.78, 5) is 10.8. The number of rotatable bonds is 1. The molecule has 0 fully saturated rings. The van der Waals surface area contributed by atoms with Crippen molar-refractivity contribution in [2.75, 3.05) is 0 Å². The molecule has 0 radical (unpaired) electrons. The molecule has 2 heteroatoms. The first-order chi connectivity index (χ1) is 4.74. The summed E-state index contributed by atoms with van der Waals surface area (Å²) in [6.45, 7) is 2.04. The Hall–Kier alpha value is -0.630. The van der Waals surface area contributed by atoms with E-state index in [0.717, 1.165) is 12.8 Å². The number of carbonyl (C=O) groups is 1. The van der Waals surface area contributed by atoms with Crippen LogP contribution in [-0.2, 0) is 4.79 Å². The maximum atomic E-state index is 10.8. The summed E-state index contributed by atoms with van der Waals surface area (Å²) in [6.07, 6.45) is 3.16. The summed E-state index contributed by atoms with van der Waals surface area (Å²) in [5.41, 5.74) is 1.20. The minimum atomic E-state index is -0.816. The van der Waals surface area contributed by atoms with Crippen LogP contribution in [0.5, 0.6) is 0 Å². The Morgan fingerprint density at radius 2 is 2.40 bits per heavy atom. The molecular formula is C8H12O2. The summed E-state index contributed by atoms with van der Waals surface area (Å²) >= 11 is 0. The Labute approximate surface area is 60.6 Å². The maximum Gasteiger partial charge on any atom is 0.165 e. The fourth-order valence-corrected chi connectivity index (χ4v) is 1.13. The largest absolute Gasteiger partial charge is 0.381 e. The highest BCUT2D eigenvalue weighted by Gasteiger charge is 2.17. The number of aliphatic hydroxyl groups excluding tert-OH is 1. The second-order valence-corrected chi connectivity index (χ2v) is 2.59. The highest BCUT2D eigenvalue weighted by molar-refractivity contribution is 5.86. The Balaban J connectivity index is 2.65. The van der Waals surface area contributed by atoms with E-state index < -0.39 is 6.10 Å². The highest BCUT2D eigenvalue weighted by Crippen LogP contribution is 2.17. The summed E-state index contributed by atoms with van der Waals surface area (Å²) in [5.74, 6) is -0.0443. The van der Waals surface area contributed by atoms with Gasteiger partial charge in [-0.1, -0.05) is 12.5 Å². The maximum absolute atomic E-state index is 10.8. The molecule has 1 aliphatic rings. The van der Waals surface area contributed by atoms with Crippen LogP contribution >= 0.6 is 0 Å². The van der Waals surface area contributed by atoms with Crippen molar-refractivity contribution >= 4 is 5.78 Å². The monoisotopic (exact) mass is 140 g/mol. The van der Waals surface area contributed by atoms with Crippen LogP contribution in [0.3, 0.4) is 0 Å². The fourth-order valence-electron chi connectivity index (χ4n) is 1.13. The van der Waals surface area contributed by atoms with Crippen molar-refractivity contribution in [1.29, 1.82) is 0 Å². The van der Waals surface area contributed by atoms with Gasteiger partial charge in [0.15, 0.2) is 5.78 Å². The summed E-state index contributed by atoms with van der Waals surface area (Å²) in [7, 11) is 0. The van der Waals surface area contributed by atoms with E-state index >= 15 is 0 Å². The predicted molar refractivity (Wildman–Crippen MR) is 38.6 cm³/mol. The summed E-state index contributed by atoms with van der Waals surface area (Å²) in [5, 5.41) is 9.05. The molecule has 0 saturated carbocycles. The molecule has 1 rings (SSSR count). The first-order valence-electron chi connectivity index (χ1n) is 3.64. The molecule has 1 aliphatic carbocycles. The van der Waals surface area contributed by atoms with Gasteiger partial charge in [0, 0.05) is 6.42 Å². The Bertz CT molecular complexity index is 170. The molecule has 0 aromatic heterocycles. The second kappa shape index (κ2) is 2.97. The van der Waals surface area contributed by atoms with Crippen LogP contribution in [0.4, 0.5) is 0 Å². The molecule has 0 bridgehead atoms. The Morgan fingerprint density at radius 1 is 1.70 bits per heavy atom. The number of hydrogen-bond acceptors (Lipinski definition) is 2. The van der Waals surface area contributed by atoms with Crippen molar-refractivity contribution in [1.82, 2.24) is 0 Å². The van der Waals surface area contributed by atoms with Gasteiger partial charge in [0.2, 0.25) is 0 Å². The number of ketones is 1. The minimum Gasteiger partial charge on any atom is -0.381 e. The molecule has 0 heterocycles. The van der Waals surface area contributed by atoms with E-state index in [2.05, 4.69) is 0 Å². The van der Waals surface area contributed by atoms with Gasteiger partial charge < -0.3 is 5.11 Å². The van der Waals surface area contributed by atoms with E-state index in [0.29, 0.717) is 6.42 Å². The summed E-state index contributed by atoms with van der Waals surface area (Å²) in [6, 6.07) is 0. The van der Waals surface area contributed by atoms with Gasteiger partial charge in [0.1, 0.15) is 6.10 Å². The lowest BCUT2D eigenvalue weighted by Crippen LogP contribution is -2.21. The third-order valence-electron chi connectivity index (χ3n) is 1.87. The van der Waals surface area contributed by atoms with Gasteiger partial charge >= 0.3 is 0 Å². The van der Waals surface area contributed by atoms with Gasteiger partial charge in [-0.25, -0.2) is 0 Å². The van der Waals surface area contributed by atoms with Crippen molar-refractivity contribution in [2.45, 2.75) is 32.3 Å². The molecule has 1 unspecified atom stereocenters. The number of hydrogen-bond donors (Lipinski definition) is 1. The van der Waals surface area contributed by atoms with Crippen molar-refractivity contribution in [3.63, 3.8) is 0 Å². The molecule has 0 aromatic carbocycles. The van der Waals surface area contributed by atoms with E-state index in [1.165, 1.54) is 5.57 Å². The minimum absolute atomic E-state index is 0.0443. The molecule has 2 nitrogen and oxygen atoms in total. The standard InChI is InChI=1S/C8H12O2/c1-2-6-3-4-7(9)8(10)5-6/h5,8,10H,2-4H2,1H3. The first kappa shape index (κ1) is 7.48. The van der Waals surface area contributed by atoms with E-state index in [9.17, 15) is 4.79 Å². The average Bonchev–Trinajstić information content (AvgIpc) is 1.95. The van der Waals surface area contributed by atoms with E-state index in [1.54, 1.807) is 6.08 Å². The molecule has 1 atom stereocenters. The van der Waals surface area contributed by atoms with Crippen molar-refractivity contribution < 1.29 is 9.90 Å². The Kier molecular flexibility index (Phi) is 2.22. The molecule has 0 aliphatic heterocycles.